The molecule has 1 aliphatic rings. The third-order valence-electron chi connectivity index (χ3n) is 2.74. The maximum Gasteiger partial charge on any atom is 0.229 e. The van der Waals surface area contributed by atoms with Crippen LogP contribution in [-0.2, 0) is 6.42 Å². The first kappa shape index (κ1) is 9.78. The molecule has 3 rings (SSSR count). The molecule has 80 valence electrons. The number of nitrogens with zero attached hydrogens (tertiary/aromatic N) is 3. The van der Waals surface area contributed by atoms with Gasteiger partial charge in [0, 0.05) is 24.6 Å². The predicted octanol–water partition coefficient (Wildman–Crippen LogP) is 2.93. The van der Waals surface area contributed by atoms with Gasteiger partial charge < -0.3 is 4.90 Å². The molecule has 1 aromatic carbocycles. The van der Waals surface area contributed by atoms with E-state index < -0.39 is 0 Å². The summed E-state index contributed by atoms with van der Waals surface area (Å²) in [7, 11) is 0. The third-order valence-corrected chi connectivity index (χ3v) is 3.14. The SMILES string of the molecule is Brc1cnc(N2CCc3ccccc32)nc1. The quantitative estimate of drug-likeness (QED) is 0.802. The first-order chi connectivity index (χ1) is 7.84. The largest absolute Gasteiger partial charge is 0.310 e. The Morgan fingerprint density at radius 3 is 2.69 bits per heavy atom. The molecule has 0 N–H and O–H groups in total. The Morgan fingerprint density at radius 2 is 1.88 bits per heavy atom. The number of benzene rings is 1. The highest BCUT2D eigenvalue weighted by Crippen LogP contribution is 2.31. The van der Waals surface area contributed by atoms with Crippen LogP contribution in [0, 0.1) is 0 Å². The summed E-state index contributed by atoms with van der Waals surface area (Å²) in [5.74, 6) is 0.771. The van der Waals surface area contributed by atoms with Gasteiger partial charge in [-0.15, -0.1) is 0 Å². The zero-order chi connectivity index (χ0) is 11.0. The molecule has 3 nitrogen and oxygen atoms in total. The van der Waals surface area contributed by atoms with Crippen LogP contribution in [0.5, 0.6) is 0 Å². The molecule has 0 saturated heterocycles. The van der Waals surface area contributed by atoms with Gasteiger partial charge in [0.25, 0.3) is 0 Å². The van der Waals surface area contributed by atoms with E-state index in [1.54, 1.807) is 12.4 Å². The Bertz CT molecular complexity index is 510. The number of anilines is 2. The van der Waals surface area contributed by atoms with E-state index in [1.165, 1.54) is 11.3 Å². The molecule has 4 heteroatoms. The molecular weight excluding hydrogens is 266 g/mol. The van der Waals surface area contributed by atoms with Gasteiger partial charge in [-0.3, -0.25) is 0 Å². The van der Waals surface area contributed by atoms with Crippen LogP contribution in [0.15, 0.2) is 41.1 Å². The number of fused-ring (bicyclic) bond motifs is 1. The van der Waals surface area contributed by atoms with E-state index in [4.69, 9.17) is 0 Å². The Hall–Kier alpha value is -1.42. The molecule has 1 aromatic heterocycles. The van der Waals surface area contributed by atoms with E-state index in [9.17, 15) is 0 Å². The first-order valence-electron chi connectivity index (χ1n) is 5.17. The monoisotopic (exact) mass is 275 g/mol. The van der Waals surface area contributed by atoms with Crippen molar-refractivity contribution in [2.75, 3.05) is 11.4 Å². The average Bonchev–Trinajstić information content (AvgIpc) is 2.74. The minimum atomic E-state index is 0.771. The molecule has 0 atom stereocenters. The maximum atomic E-state index is 4.33. The van der Waals surface area contributed by atoms with E-state index in [0.717, 1.165) is 23.4 Å². The second kappa shape index (κ2) is 3.87. The van der Waals surface area contributed by atoms with Crippen molar-refractivity contribution in [2.24, 2.45) is 0 Å². The lowest BCUT2D eigenvalue weighted by Crippen LogP contribution is -2.16. The minimum absolute atomic E-state index is 0.771. The smallest absolute Gasteiger partial charge is 0.229 e. The molecule has 16 heavy (non-hydrogen) atoms. The number of hydrogen-bond donors (Lipinski definition) is 0. The summed E-state index contributed by atoms with van der Waals surface area (Å²) >= 11 is 3.34. The van der Waals surface area contributed by atoms with Crippen LogP contribution in [0.25, 0.3) is 0 Å². The van der Waals surface area contributed by atoms with Gasteiger partial charge in [0.05, 0.1) is 4.47 Å². The van der Waals surface area contributed by atoms with E-state index in [2.05, 4.69) is 55.1 Å². The van der Waals surface area contributed by atoms with Crippen molar-refractivity contribution in [2.45, 2.75) is 6.42 Å². The Labute approximate surface area is 102 Å². The molecule has 0 radical (unpaired) electrons. The average molecular weight is 276 g/mol. The van der Waals surface area contributed by atoms with E-state index >= 15 is 0 Å². The summed E-state index contributed by atoms with van der Waals surface area (Å²) in [6, 6.07) is 8.41. The molecule has 0 aliphatic carbocycles. The van der Waals surface area contributed by atoms with Crippen molar-refractivity contribution in [1.82, 2.24) is 9.97 Å². The fourth-order valence-corrected chi connectivity index (χ4v) is 2.20. The lowest BCUT2D eigenvalue weighted by molar-refractivity contribution is 0.937. The lowest BCUT2D eigenvalue weighted by Gasteiger charge is -2.16. The highest BCUT2D eigenvalue weighted by molar-refractivity contribution is 9.10. The van der Waals surface area contributed by atoms with E-state index in [0.29, 0.717) is 0 Å². The molecule has 0 amide bonds. The van der Waals surface area contributed by atoms with Crippen LogP contribution in [0.3, 0.4) is 0 Å². The van der Waals surface area contributed by atoms with Crippen LogP contribution in [0.2, 0.25) is 0 Å². The van der Waals surface area contributed by atoms with E-state index in [1.807, 2.05) is 0 Å². The topological polar surface area (TPSA) is 29.0 Å². The van der Waals surface area contributed by atoms with Gasteiger partial charge in [0.2, 0.25) is 5.95 Å². The van der Waals surface area contributed by atoms with Crippen molar-refractivity contribution < 1.29 is 0 Å². The number of hydrogen-bond acceptors (Lipinski definition) is 3. The number of aromatic nitrogens is 2. The zero-order valence-electron chi connectivity index (χ0n) is 8.60. The van der Waals surface area contributed by atoms with Crippen LogP contribution in [0.4, 0.5) is 11.6 Å². The summed E-state index contributed by atoms with van der Waals surface area (Å²) in [6.07, 6.45) is 4.63. The molecule has 0 saturated carbocycles. The molecule has 0 unspecified atom stereocenters. The fraction of sp³-hybridized carbons (Fsp3) is 0.167. The third kappa shape index (κ3) is 1.59. The summed E-state index contributed by atoms with van der Waals surface area (Å²) in [4.78, 5) is 10.8. The van der Waals surface area contributed by atoms with Crippen LogP contribution in [-0.4, -0.2) is 16.5 Å². The first-order valence-corrected chi connectivity index (χ1v) is 5.97. The van der Waals surface area contributed by atoms with Crippen molar-refractivity contribution >= 4 is 27.6 Å². The Kier molecular flexibility index (Phi) is 2.36. The molecule has 0 spiro atoms. The van der Waals surface area contributed by atoms with Gasteiger partial charge in [-0.2, -0.15) is 0 Å². The molecule has 2 aromatic rings. The second-order valence-corrected chi connectivity index (χ2v) is 4.65. The van der Waals surface area contributed by atoms with Crippen molar-refractivity contribution in [3.63, 3.8) is 0 Å². The summed E-state index contributed by atoms with van der Waals surface area (Å²) in [5, 5.41) is 0. The zero-order valence-corrected chi connectivity index (χ0v) is 10.2. The highest BCUT2D eigenvalue weighted by Gasteiger charge is 2.21. The summed E-state index contributed by atoms with van der Waals surface area (Å²) in [5.41, 5.74) is 2.60. The minimum Gasteiger partial charge on any atom is -0.310 e. The van der Waals surface area contributed by atoms with Crippen molar-refractivity contribution in [1.29, 1.82) is 0 Å². The van der Waals surface area contributed by atoms with Crippen LogP contribution in [0.1, 0.15) is 5.56 Å². The number of halogens is 1. The number of para-hydroxylation sites is 1. The molecule has 0 bridgehead atoms. The molecule has 2 heterocycles. The molecule has 1 aliphatic heterocycles. The summed E-state index contributed by atoms with van der Waals surface area (Å²) < 4.78 is 0.906. The molecule has 0 fully saturated rings. The Morgan fingerprint density at radius 1 is 1.12 bits per heavy atom. The van der Waals surface area contributed by atoms with Gasteiger partial charge in [0.15, 0.2) is 0 Å². The number of rotatable bonds is 1. The van der Waals surface area contributed by atoms with Crippen LogP contribution >= 0.6 is 15.9 Å². The summed E-state index contributed by atoms with van der Waals surface area (Å²) in [6.45, 7) is 0.959. The van der Waals surface area contributed by atoms with Gasteiger partial charge in [-0.05, 0) is 34.0 Å². The molecular formula is C12H10BrN3. The fourth-order valence-electron chi connectivity index (χ4n) is 1.99. The van der Waals surface area contributed by atoms with Gasteiger partial charge >= 0.3 is 0 Å². The normalized spacial score (nSPS) is 13.9. The van der Waals surface area contributed by atoms with Gasteiger partial charge in [-0.25, -0.2) is 9.97 Å². The maximum absolute atomic E-state index is 4.33. The highest BCUT2D eigenvalue weighted by atomic mass is 79.9. The Balaban J connectivity index is 2.01. The van der Waals surface area contributed by atoms with Gasteiger partial charge in [-0.1, -0.05) is 18.2 Å². The second-order valence-electron chi connectivity index (χ2n) is 3.73. The van der Waals surface area contributed by atoms with Crippen molar-refractivity contribution in [3.8, 4) is 0 Å². The lowest BCUT2D eigenvalue weighted by atomic mass is 10.2. The van der Waals surface area contributed by atoms with E-state index in [-0.39, 0.29) is 0 Å². The van der Waals surface area contributed by atoms with Crippen LogP contribution < -0.4 is 4.90 Å². The van der Waals surface area contributed by atoms with Crippen molar-refractivity contribution in [3.05, 3.63) is 46.7 Å². The standard InChI is InChI=1S/C12H10BrN3/c13-10-7-14-12(15-8-10)16-6-5-9-3-1-2-4-11(9)16/h1-4,7-8H,5-6H2. The predicted molar refractivity (Wildman–Crippen MR) is 66.9 cm³/mol. The van der Waals surface area contributed by atoms with Gasteiger partial charge in [0.1, 0.15) is 0 Å².